The molecule has 2 heterocycles. The molecule has 1 aliphatic heterocycles. The summed E-state index contributed by atoms with van der Waals surface area (Å²) in [7, 11) is 0. The third kappa shape index (κ3) is 2.24. The van der Waals surface area contributed by atoms with E-state index in [-0.39, 0.29) is 11.5 Å². The zero-order valence-electron chi connectivity index (χ0n) is 10.4. The number of nitrogens with one attached hydrogen (secondary N) is 1. The van der Waals surface area contributed by atoms with Crippen LogP contribution in [0.25, 0.3) is 10.9 Å². The van der Waals surface area contributed by atoms with Gasteiger partial charge in [0.15, 0.2) is 0 Å². The summed E-state index contributed by atoms with van der Waals surface area (Å²) in [5, 5.41) is 0.776. The van der Waals surface area contributed by atoms with Crippen molar-refractivity contribution in [3.05, 3.63) is 46.2 Å². The second-order valence-corrected chi connectivity index (χ2v) is 4.50. The molecular formula is C14H14N2O3. The maximum atomic E-state index is 12.5. The van der Waals surface area contributed by atoms with Gasteiger partial charge in [-0.3, -0.25) is 9.59 Å². The predicted octanol–water partition coefficient (Wildman–Crippen LogP) is 1.00. The Morgan fingerprint density at radius 3 is 2.74 bits per heavy atom. The number of aromatic nitrogens is 1. The van der Waals surface area contributed by atoms with Gasteiger partial charge in [0.05, 0.1) is 18.8 Å². The molecule has 1 N–H and O–H groups in total. The molecule has 19 heavy (non-hydrogen) atoms. The minimum absolute atomic E-state index is 0.106. The Morgan fingerprint density at radius 1 is 1.21 bits per heavy atom. The monoisotopic (exact) mass is 258 g/mol. The number of para-hydroxylation sites is 1. The summed E-state index contributed by atoms with van der Waals surface area (Å²) in [5.74, 6) is -0.106. The SMILES string of the molecule is O=C(c1cc(=O)[nH]c2ccccc12)N1CCOCC1. The number of morpholine rings is 1. The molecule has 3 rings (SSSR count). The molecule has 1 aromatic carbocycles. The van der Waals surface area contributed by atoms with Gasteiger partial charge < -0.3 is 14.6 Å². The molecule has 98 valence electrons. The number of carbonyl (C=O) groups excluding carboxylic acids is 1. The molecule has 0 saturated carbocycles. The van der Waals surface area contributed by atoms with Crippen LogP contribution in [0.2, 0.25) is 0 Å². The van der Waals surface area contributed by atoms with Crippen LogP contribution in [0.5, 0.6) is 0 Å². The molecule has 1 aromatic heterocycles. The summed E-state index contributed by atoms with van der Waals surface area (Å²) in [4.78, 5) is 28.6. The number of rotatable bonds is 1. The molecular weight excluding hydrogens is 244 g/mol. The molecule has 0 bridgehead atoms. The smallest absolute Gasteiger partial charge is 0.254 e. The highest BCUT2D eigenvalue weighted by Crippen LogP contribution is 2.17. The summed E-state index contributed by atoms with van der Waals surface area (Å²) in [6.07, 6.45) is 0. The fourth-order valence-electron chi connectivity index (χ4n) is 2.32. The average molecular weight is 258 g/mol. The van der Waals surface area contributed by atoms with Crippen LogP contribution in [0.15, 0.2) is 35.1 Å². The van der Waals surface area contributed by atoms with Crippen molar-refractivity contribution in [1.82, 2.24) is 9.88 Å². The normalized spacial score (nSPS) is 15.7. The minimum Gasteiger partial charge on any atom is -0.378 e. The van der Waals surface area contributed by atoms with Gasteiger partial charge in [-0.05, 0) is 6.07 Å². The van der Waals surface area contributed by atoms with Gasteiger partial charge in [0.1, 0.15) is 0 Å². The van der Waals surface area contributed by atoms with Crippen molar-refractivity contribution in [3.8, 4) is 0 Å². The first-order valence-corrected chi connectivity index (χ1v) is 6.25. The average Bonchev–Trinajstić information content (AvgIpc) is 2.46. The first kappa shape index (κ1) is 11.9. The first-order chi connectivity index (χ1) is 9.25. The summed E-state index contributed by atoms with van der Waals surface area (Å²) < 4.78 is 5.24. The Balaban J connectivity index is 2.08. The van der Waals surface area contributed by atoms with Gasteiger partial charge in [-0.25, -0.2) is 0 Å². The van der Waals surface area contributed by atoms with Gasteiger partial charge in [-0.2, -0.15) is 0 Å². The third-order valence-corrected chi connectivity index (χ3v) is 3.28. The van der Waals surface area contributed by atoms with E-state index < -0.39 is 0 Å². The molecule has 1 saturated heterocycles. The zero-order chi connectivity index (χ0) is 13.2. The van der Waals surface area contributed by atoms with E-state index in [0.717, 1.165) is 5.39 Å². The lowest BCUT2D eigenvalue weighted by molar-refractivity contribution is 0.0304. The van der Waals surface area contributed by atoms with Crippen molar-refractivity contribution in [2.24, 2.45) is 0 Å². The van der Waals surface area contributed by atoms with Crippen LogP contribution < -0.4 is 5.56 Å². The molecule has 1 amide bonds. The van der Waals surface area contributed by atoms with Gasteiger partial charge in [0, 0.05) is 30.1 Å². The fourth-order valence-corrected chi connectivity index (χ4v) is 2.32. The van der Waals surface area contributed by atoms with E-state index in [4.69, 9.17) is 4.74 Å². The summed E-state index contributed by atoms with van der Waals surface area (Å²) in [6.45, 7) is 2.24. The molecule has 0 aliphatic carbocycles. The topological polar surface area (TPSA) is 62.4 Å². The lowest BCUT2D eigenvalue weighted by atomic mass is 10.1. The number of aromatic amines is 1. The van der Waals surface area contributed by atoms with Crippen molar-refractivity contribution in [1.29, 1.82) is 0 Å². The standard InChI is InChI=1S/C14H14N2O3/c17-13-9-11(10-3-1-2-4-12(10)15-13)14(18)16-5-7-19-8-6-16/h1-4,9H,5-8H2,(H,15,17). The predicted molar refractivity (Wildman–Crippen MR) is 71.3 cm³/mol. The van der Waals surface area contributed by atoms with Gasteiger partial charge in [-0.1, -0.05) is 18.2 Å². The number of nitrogens with zero attached hydrogens (tertiary/aromatic N) is 1. The van der Waals surface area contributed by atoms with Gasteiger partial charge in [0.25, 0.3) is 5.91 Å². The summed E-state index contributed by atoms with van der Waals surface area (Å²) in [5.41, 5.74) is 0.892. The number of hydrogen-bond acceptors (Lipinski definition) is 3. The van der Waals surface area contributed by atoms with Crippen LogP contribution in [0.4, 0.5) is 0 Å². The highest BCUT2D eigenvalue weighted by atomic mass is 16.5. The van der Waals surface area contributed by atoms with Crippen LogP contribution in [0.3, 0.4) is 0 Å². The van der Waals surface area contributed by atoms with Gasteiger partial charge in [-0.15, -0.1) is 0 Å². The van der Waals surface area contributed by atoms with Crippen molar-refractivity contribution in [2.45, 2.75) is 0 Å². The lowest BCUT2D eigenvalue weighted by Gasteiger charge is -2.27. The maximum Gasteiger partial charge on any atom is 0.254 e. The Kier molecular flexibility index (Phi) is 3.05. The molecule has 2 aromatic rings. The number of fused-ring (bicyclic) bond motifs is 1. The minimum atomic E-state index is -0.254. The molecule has 1 aliphatic rings. The highest BCUT2D eigenvalue weighted by molar-refractivity contribution is 6.05. The Morgan fingerprint density at radius 2 is 1.95 bits per heavy atom. The van der Waals surface area contributed by atoms with Crippen LogP contribution in [-0.4, -0.2) is 42.1 Å². The van der Waals surface area contributed by atoms with E-state index in [1.807, 2.05) is 18.2 Å². The number of hydrogen-bond donors (Lipinski definition) is 1. The van der Waals surface area contributed by atoms with E-state index in [0.29, 0.717) is 37.4 Å². The second kappa shape index (κ2) is 4.85. The molecule has 5 nitrogen and oxygen atoms in total. The summed E-state index contributed by atoms with van der Waals surface area (Å²) in [6, 6.07) is 8.71. The van der Waals surface area contributed by atoms with Crippen molar-refractivity contribution >= 4 is 16.8 Å². The fraction of sp³-hybridized carbons (Fsp3) is 0.286. The Bertz CT molecular complexity index is 672. The molecule has 0 radical (unpaired) electrons. The maximum absolute atomic E-state index is 12.5. The van der Waals surface area contributed by atoms with E-state index in [9.17, 15) is 9.59 Å². The highest BCUT2D eigenvalue weighted by Gasteiger charge is 2.20. The summed E-state index contributed by atoms with van der Waals surface area (Å²) >= 11 is 0. The van der Waals surface area contributed by atoms with E-state index in [1.165, 1.54) is 6.07 Å². The van der Waals surface area contributed by atoms with Gasteiger partial charge >= 0.3 is 0 Å². The second-order valence-electron chi connectivity index (χ2n) is 4.50. The molecule has 5 heteroatoms. The van der Waals surface area contributed by atoms with E-state index in [2.05, 4.69) is 4.98 Å². The number of carbonyl (C=O) groups is 1. The first-order valence-electron chi connectivity index (χ1n) is 6.25. The largest absolute Gasteiger partial charge is 0.378 e. The van der Waals surface area contributed by atoms with Gasteiger partial charge in [0.2, 0.25) is 5.56 Å². The Hall–Kier alpha value is -2.14. The molecule has 0 atom stereocenters. The third-order valence-electron chi connectivity index (χ3n) is 3.28. The van der Waals surface area contributed by atoms with E-state index >= 15 is 0 Å². The van der Waals surface area contributed by atoms with Crippen LogP contribution >= 0.6 is 0 Å². The molecule has 0 unspecified atom stereocenters. The van der Waals surface area contributed by atoms with Crippen molar-refractivity contribution in [3.63, 3.8) is 0 Å². The van der Waals surface area contributed by atoms with Crippen LogP contribution in [0.1, 0.15) is 10.4 Å². The number of H-pyrrole nitrogens is 1. The number of ether oxygens (including phenoxy) is 1. The molecule has 0 spiro atoms. The van der Waals surface area contributed by atoms with Crippen LogP contribution in [-0.2, 0) is 4.74 Å². The zero-order valence-corrected chi connectivity index (χ0v) is 10.4. The quantitative estimate of drug-likeness (QED) is 0.830. The Labute approximate surface area is 109 Å². The molecule has 1 fully saturated rings. The van der Waals surface area contributed by atoms with Crippen molar-refractivity contribution in [2.75, 3.05) is 26.3 Å². The van der Waals surface area contributed by atoms with Crippen LogP contribution in [0, 0.1) is 0 Å². The number of pyridine rings is 1. The number of benzene rings is 1. The number of amides is 1. The van der Waals surface area contributed by atoms with E-state index in [1.54, 1.807) is 11.0 Å². The van der Waals surface area contributed by atoms with Crippen molar-refractivity contribution < 1.29 is 9.53 Å². The lowest BCUT2D eigenvalue weighted by Crippen LogP contribution is -2.41.